The van der Waals surface area contributed by atoms with E-state index in [0.717, 1.165) is 0 Å². The molecule has 0 saturated heterocycles. The van der Waals surface area contributed by atoms with Gasteiger partial charge in [0.2, 0.25) is 0 Å². The summed E-state index contributed by atoms with van der Waals surface area (Å²) in [6, 6.07) is 0. The SMILES string of the molecule is CO[Si](C)(C)C(C)SSC(C)[Si](C)(C)OC. The normalized spacial score (nSPS) is 17.2. The second kappa shape index (κ2) is 6.85. The van der Waals surface area contributed by atoms with E-state index in [9.17, 15) is 0 Å². The summed E-state index contributed by atoms with van der Waals surface area (Å²) < 4.78 is 11.3. The van der Waals surface area contributed by atoms with E-state index in [0.29, 0.717) is 9.75 Å². The summed E-state index contributed by atoms with van der Waals surface area (Å²) in [4.78, 5) is 1.21. The van der Waals surface area contributed by atoms with Crippen LogP contribution in [0.4, 0.5) is 0 Å². The monoisotopic (exact) mass is 298 g/mol. The van der Waals surface area contributed by atoms with E-state index in [4.69, 9.17) is 8.85 Å². The molecule has 0 saturated carbocycles. The fraction of sp³-hybridized carbons (Fsp3) is 1.00. The second-order valence-corrected chi connectivity index (χ2v) is 17.8. The minimum Gasteiger partial charge on any atom is -0.419 e. The summed E-state index contributed by atoms with van der Waals surface area (Å²) in [5.74, 6) is 0. The van der Waals surface area contributed by atoms with Crippen molar-refractivity contribution in [3.05, 3.63) is 0 Å². The smallest absolute Gasteiger partial charge is 0.199 e. The first kappa shape index (κ1) is 17.1. The van der Waals surface area contributed by atoms with Crippen molar-refractivity contribution in [2.24, 2.45) is 0 Å². The summed E-state index contributed by atoms with van der Waals surface area (Å²) in [7, 11) is 4.61. The molecule has 0 aliphatic carbocycles. The molecule has 0 aliphatic rings. The third-order valence-corrected chi connectivity index (χ3v) is 17.3. The molecule has 0 N–H and O–H groups in total. The second-order valence-electron chi connectivity index (χ2n) is 5.09. The fourth-order valence-corrected chi connectivity index (χ4v) is 10.3. The summed E-state index contributed by atoms with van der Waals surface area (Å²) in [6.07, 6.45) is 0. The van der Waals surface area contributed by atoms with Gasteiger partial charge in [0.15, 0.2) is 16.6 Å². The van der Waals surface area contributed by atoms with E-state index >= 15 is 0 Å². The van der Waals surface area contributed by atoms with Crippen LogP contribution in [-0.4, -0.2) is 40.6 Å². The van der Waals surface area contributed by atoms with E-state index in [1.165, 1.54) is 0 Å². The van der Waals surface area contributed by atoms with Crippen molar-refractivity contribution in [1.29, 1.82) is 0 Å². The molecule has 0 aromatic carbocycles. The van der Waals surface area contributed by atoms with Gasteiger partial charge in [-0.25, -0.2) is 0 Å². The topological polar surface area (TPSA) is 18.5 Å². The van der Waals surface area contributed by atoms with Crippen LogP contribution in [0.25, 0.3) is 0 Å². The Kier molecular flexibility index (Phi) is 7.30. The maximum atomic E-state index is 5.63. The fourth-order valence-electron chi connectivity index (χ4n) is 0.730. The van der Waals surface area contributed by atoms with E-state index in [1.807, 2.05) is 35.8 Å². The molecule has 2 nitrogen and oxygen atoms in total. The van der Waals surface area contributed by atoms with Crippen molar-refractivity contribution in [2.75, 3.05) is 14.2 Å². The van der Waals surface area contributed by atoms with E-state index in [1.54, 1.807) is 0 Å². The average molecular weight is 299 g/mol. The quantitative estimate of drug-likeness (QED) is 0.523. The third kappa shape index (κ3) is 5.14. The van der Waals surface area contributed by atoms with Crippen LogP contribution in [0.3, 0.4) is 0 Å². The standard InChI is InChI=1S/C10H26O2S2Si2/c1-9(15(5,6)11-3)13-14-10(2)16(7,8)12-4/h9-10H,1-8H3. The van der Waals surface area contributed by atoms with Gasteiger partial charge in [0.1, 0.15) is 0 Å². The minimum absolute atomic E-state index is 0.603. The molecule has 2 unspecified atom stereocenters. The van der Waals surface area contributed by atoms with Gasteiger partial charge in [-0.2, -0.15) is 0 Å². The highest BCUT2D eigenvalue weighted by molar-refractivity contribution is 8.77. The van der Waals surface area contributed by atoms with Crippen LogP contribution in [0, 0.1) is 0 Å². The molecule has 0 bridgehead atoms. The highest BCUT2D eigenvalue weighted by Crippen LogP contribution is 2.38. The molecule has 0 heterocycles. The predicted octanol–water partition coefficient (Wildman–Crippen LogP) is 3.93. The molecule has 0 spiro atoms. The largest absolute Gasteiger partial charge is 0.419 e. The molecule has 0 aliphatic heterocycles. The lowest BCUT2D eigenvalue weighted by atomic mass is 11.0. The summed E-state index contributed by atoms with van der Waals surface area (Å²) in [5, 5.41) is 0. The Morgan fingerprint density at radius 3 is 1.19 bits per heavy atom. The molecule has 0 radical (unpaired) electrons. The zero-order valence-corrected chi connectivity index (χ0v) is 15.4. The van der Waals surface area contributed by atoms with Gasteiger partial charge in [0, 0.05) is 24.0 Å². The highest BCUT2D eigenvalue weighted by atomic mass is 33.1. The van der Waals surface area contributed by atoms with Crippen LogP contribution >= 0.6 is 21.6 Å². The van der Waals surface area contributed by atoms with Gasteiger partial charge in [-0.05, 0) is 26.2 Å². The van der Waals surface area contributed by atoms with Gasteiger partial charge in [0.25, 0.3) is 0 Å². The molecule has 6 heteroatoms. The van der Waals surface area contributed by atoms with E-state index in [-0.39, 0.29) is 0 Å². The number of hydrogen-bond donors (Lipinski definition) is 0. The Morgan fingerprint density at radius 2 is 1.00 bits per heavy atom. The zero-order valence-electron chi connectivity index (χ0n) is 11.8. The summed E-state index contributed by atoms with van der Waals surface area (Å²) in [5.41, 5.74) is 0. The molecule has 98 valence electrons. The van der Waals surface area contributed by atoms with Gasteiger partial charge in [0.05, 0.1) is 0 Å². The maximum Gasteiger partial charge on any atom is 0.199 e. The minimum atomic E-state index is -1.50. The Morgan fingerprint density at radius 1 is 0.750 bits per heavy atom. The summed E-state index contributed by atoms with van der Waals surface area (Å²) in [6.45, 7) is 13.6. The van der Waals surface area contributed by atoms with Crippen LogP contribution in [0.15, 0.2) is 0 Å². The van der Waals surface area contributed by atoms with Gasteiger partial charge in [-0.3, -0.25) is 0 Å². The molecule has 16 heavy (non-hydrogen) atoms. The lowest BCUT2D eigenvalue weighted by Crippen LogP contribution is -2.42. The number of rotatable bonds is 7. The molecule has 0 amide bonds. The van der Waals surface area contributed by atoms with Gasteiger partial charge in [-0.15, -0.1) is 0 Å². The lowest BCUT2D eigenvalue weighted by Gasteiger charge is -2.30. The lowest BCUT2D eigenvalue weighted by molar-refractivity contribution is 0.403. The molecule has 0 fully saturated rings. The first-order valence-electron chi connectivity index (χ1n) is 5.59. The maximum absolute atomic E-state index is 5.63. The van der Waals surface area contributed by atoms with E-state index in [2.05, 4.69) is 40.0 Å². The Bertz CT molecular complexity index is 191. The average Bonchev–Trinajstić information content (AvgIpc) is 2.24. The third-order valence-electron chi connectivity index (χ3n) is 3.35. The van der Waals surface area contributed by atoms with Crippen LogP contribution in [-0.2, 0) is 8.85 Å². The van der Waals surface area contributed by atoms with E-state index < -0.39 is 16.6 Å². The first-order valence-corrected chi connectivity index (χ1v) is 13.8. The van der Waals surface area contributed by atoms with Crippen molar-refractivity contribution in [2.45, 2.75) is 49.8 Å². The van der Waals surface area contributed by atoms with Gasteiger partial charge < -0.3 is 8.85 Å². The van der Waals surface area contributed by atoms with Crippen molar-refractivity contribution in [3.63, 3.8) is 0 Å². The highest BCUT2D eigenvalue weighted by Gasteiger charge is 2.34. The van der Waals surface area contributed by atoms with Gasteiger partial charge >= 0.3 is 0 Å². The Balaban J connectivity index is 4.16. The Labute approximate surface area is 111 Å². The van der Waals surface area contributed by atoms with Crippen molar-refractivity contribution in [3.8, 4) is 0 Å². The molecule has 0 aromatic heterocycles. The first-order chi connectivity index (χ1) is 7.17. The van der Waals surface area contributed by atoms with Crippen LogP contribution < -0.4 is 0 Å². The summed E-state index contributed by atoms with van der Waals surface area (Å²) >= 11 is 0. The molecular weight excluding hydrogens is 272 g/mol. The predicted molar refractivity (Wildman–Crippen MR) is 83.1 cm³/mol. The molecule has 2 atom stereocenters. The van der Waals surface area contributed by atoms with Crippen molar-refractivity contribution in [1.82, 2.24) is 0 Å². The van der Waals surface area contributed by atoms with Crippen LogP contribution in [0.5, 0.6) is 0 Å². The van der Waals surface area contributed by atoms with Crippen LogP contribution in [0.2, 0.25) is 26.2 Å². The molecular formula is C10H26O2S2Si2. The van der Waals surface area contributed by atoms with Crippen molar-refractivity contribution < 1.29 is 8.85 Å². The Hall–Kier alpha value is 1.05. The molecule has 0 aromatic rings. The van der Waals surface area contributed by atoms with Crippen LogP contribution in [0.1, 0.15) is 13.8 Å². The zero-order chi connectivity index (χ0) is 13.0. The van der Waals surface area contributed by atoms with Gasteiger partial charge in [-0.1, -0.05) is 35.4 Å². The van der Waals surface area contributed by atoms with Crippen molar-refractivity contribution >= 4 is 38.2 Å². The number of hydrogen-bond acceptors (Lipinski definition) is 4. The molecule has 0 rings (SSSR count).